The molecule has 0 unspecified atom stereocenters. The molecule has 4 rings (SSSR count). The van der Waals surface area contributed by atoms with Gasteiger partial charge in [-0.15, -0.1) is 10.2 Å². The minimum absolute atomic E-state index is 0.710. The van der Waals surface area contributed by atoms with Crippen molar-refractivity contribution in [2.75, 3.05) is 7.11 Å². The van der Waals surface area contributed by atoms with Crippen molar-refractivity contribution in [2.45, 2.75) is 10.9 Å². The van der Waals surface area contributed by atoms with Crippen molar-refractivity contribution in [3.63, 3.8) is 0 Å². The lowest BCUT2D eigenvalue weighted by molar-refractivity contribution is 0.414. The van der Waals surface area contributed by atoms with Gasteiger partial charge in [-0.05, 0) is 35.9 Å². The van der Waals surface area contributed by atoms with Crippen LogP contribution in [0.5, 0.6) is 5.75 Å². The molecule has 2 heterocycles. The quantitative estimate of drug-likeness (QED) is 0.465. The number of hydrogen-bond acceptors (Lipinski definition) is 5. The molecule has 130 valence electrons. The van der Waals surface area contributed by atoms with Gasteiger partial charge in [0.15, 0.2) is 5.16 Å². The lowest BCUT2D eigenvalue weighted by Crippen LogP contribution is -1.96. The fraction of sp³-hybridized carbons (Fsp3) is 0.105. The molecule has 0 radical (unpaired) electrons. The summed E-state index contributed by atoms with van der Waals surface area (Å²) >= 11 is 7.88. The maximum atomic E-state index is 6.28. The van der Waals surface area contributed by atoms with E-state index in [4.69, 9.17) is 16.3 Å². The van der Waals surface area contributed by atoms with E-state index in [1.165, 1.54) is 0 Å². The number of pyridine rings is 1. The van der Waals surface area contributed by atoms with Crippen LogP contribution in [-0.2, 0) is 5.75 Å². The average molecular weight is 383 g/mol. The maximum Gasteiger partial charge on any atom is 0.195 e. The number of methoxy groups -OCH3 is 1. The van der Waals surface area contributed by atoms with Crippen molar-refractivity contribution in [3.8, 4) is 11.4 Å². The number of hydrogen-bond donors (Lipinski definition) is 0. The highest BCUT2D eigenvalue weighted by atomic mass is 35.5. The number of fused-ring (bicyclic) bond motifs is 1. The number of halogens is 1. The highest BCUT2D eigenvalue weighted by molar-refractivity contribution is 7.98. The normalized spacial score (nSPS) is 11.0. The van der Waals surface area contributed by atoms with Gasteiger partial charge in [-0.2, -0.15) is 0 Å². The Bertz CT molecular complexity index is 1070. The molecule has 2 aromatic carbocycles. The Morgan fingerprint density at radius 3 is 2.96 bits per heavy atom. The fourth-order valence-corrected chi connectivity index (χ4v) is 3.84. The van der Waals surface area contributed by atoms with Crippen molar-refractivity contribution in [1.82, 2.24) is 19.7 Å². The summed E-state index contributed by atoms with van der Waals surface area (Å²) in [6.07, 6.45) is 3.49. The lowest BCUT2D eigenvalue weighted by atomic mass is 10.1. The first-order valence-corrected chi connectivity index (χ1v) is 9.32. The summed E-state index contributed by atoms with van der Waals surface area (Å²) < 4.78 is 7.24. The predicted molar refractivity (Wildman–Crippen MR) is 104 cm³/mol. The first-order chi connectivity index (χ1) is 12.8. The fourth-order valence-electron chi connectivity index (χ4n) is 2.72. The largest absolute Gasteiger partial charge is 0.497 e. The average Bonchev–Trinajstić information content (AvgIpc) is 3.16. The van der Waals surface area contributed by atoms with Crippen LogP contribution in [0.4, 0.5) is 0 Å². The molecule has 0 aliphatic carbocycles. The number of ether oxygens (including phenoxy) is 1. The summed E-state index contributed by atoms with van der Waals surface area (Å²) in [7, 11) is 1.65. The zero-order valence-corrected chi connectivity index (χ0v) is 15.5. The Labute approximate surface area is 160 Å². The molecule has 0 saturated carbocycles. The van der Waals surface area contributed by atoms with E-state index < -0.39 is 0 Å². The standard InChI is InChI=1S/C19H15ClN4OS/c1-25-15-5-2-4-14(10-15)24-12-22-23-19(24)26-11-13-7-8-17(20)16-6-3-9-21-18(13)16/h2-10,12H,11H2,1H3. The molecule has 0 spiro atoms. The molecule has 7 heteroatoms. The summed E-state index contributed by atoms with van der Waals surface area (Å²) in [5, 5.41) is 10.8. The van der Waals surface area contributed by atoms with Crippen LogP contribution in [-0.4, -0.2) is 26.9 Å². The van der Waals surface area contributed by atoms with E-state index >= 15 is 0 Å². The van der Waals surface area contributed by atoms with Crippen molar-refractivity contribution < 1.29 is 4.74 Å². The molecule has 0 N–H and O–H groups in total. The van der Waals surface area contributed by atoms with E-state index in [0.29, 0.717) is 10.8 Å². The second-order valence-electron chi connectivity index (χ2n) is 5.58. The lowest BCUT2D eigenvalue weighted by Gasteiger charge is -2.09. The maximum absolute atomic E-state index is 6.28. The number of aromatic nitrogens is 4. The molecule has 4 aromatic rings. The predicted octanol–water partition coefficient (Wildman–Crippen LogP) is 4.77. The molecule has 2 aromatic heterocycles. The van der Waals surface area contributed by atoms with Crippen molar-refractivity contribution in [1.29, 1.82) is 0 Å². The van der Waals surface area contributed by atoms with E-state index in [9.17, 15) is 0 Å². The SMILES string of the molecule is COc1cccc(-n2cnnc2SCc2ccc(Cl)c3cccnc23)c1. The number of rotatable bonds is 5. The number of nitrogens with zero attached hydrogens (tertiary/aromatic N) is 4. The first-order valence-electron chi connectivity index (χ1n) is 7.95. The molecular formula is C19H15ClN4OS. The van der Waals surface area contributed by atoms with Crippen LogP contribution in [0.25, 0.3) is 16.6 Å². The van der Waals surface area contributed by atoms with Crippen LogP contribution in [0.3, 0.4) is 0 Å². The highest BCUT2D eigenvalue weighted by Crippen LogP contribution is 2.30. The van der Waals surface area contributed by atoms with Gasteiger partial charge < -0.3 is 4.74 Å². The Hall–Kier alpha value is -2.57. The first kappa shape index (κ1) is 16.9. The van der Waals surface area contributed by atoms with E-state index in [-0.39, 0.29) is 0 Å². The molecule has 0 bridgehead atoms. The Kier molecular flexibility index (Phi) is 4.77. The molecule has 26 heavy (non-hydrogen) atoms. The molecule has 0 amide bonds. The summed E-state index contributed by atoms with van der Waals surface area (Å²) in [4.78, 5) is 4.49. The van der Waals surface area contributed by atoms with Gasteiger partial charge in [-0.25, -0.2) is 0 Å². The van der Waals surface area contributed by atoms with Gasteiger partial charge in [0.25, 0.3) is 0 Å². The second-order valence-corrected chi connectivity index (χ2v) is 6.93. The minimum Gasteiger partial charge on any atom is -0.497 e. The van der Waals surface area contributed by atoms with Crippen LogP contribution in [0.2, 0.25) is 5.02 Å². The molecular weight excluding hydrogens is 368 g/mol. The molecule has 5 nitrogen and oxygen atoms in total. The minimum atomic E-state index is 0.710. The zero-order chi connectivity index (χ0) is 17.9. The highest BCUT2D eigenvalue weighted by Gasteiger charge is 2.11. The third kappa shape index (κ3) is 3.25. The third-order valence-corrected chi connectivity index (χ3v) is 5.33. The molecule has 0 fully saturated rings. The Morgan fingerprint density at radius 1 is 1.15 bits per heavy atom. The third-order valence-electron chi connectivity index (χ3n) is 4.00. The van der Waals surface area contributed by atoms with Crippen LogP contribution in [0.15, 0.2) is 66.2 Å². The van der Waals surface area contributed by atoms with E-state index in [0.717, 1.165) is 33.1 Å². The van der Waals surface area contributed by atoms with Crippen LogP contribution >= 0.6 is 23.4 Å². The topological polar surface area (TPSA) is 52.8 Å². The monoisotopic (exact) mass is 382 g/mol. The van der Waals surface area contributed by atoms with Crippen LogP contribution in [0.1, 0.15) is 5.56 Å². The van der Waals surface area contributed by atoms with E-state index in [1.807, 2.05) is 53.1 Å². The zero-order valence-electron chi connectivity index (χ0n) is 14.0. The number of benzene rings is 2. The van der Waals surface area contributed by atoms with E-state index in [1.54, 1.807) is 31.4 Å². The van der Waals surface area contributed by atoms with Gasteiger partial charge in [0, 0.05) is 28.4 Å². The van der Waals surface area contributed by atoms with Crippen molar-refractivity contribution >= 4 is 34.3 Å². The molecule has 0 aliphatic heterocycles. The van der Waals surface area contributed by atoms with Crippen LogP contribution in [0, 0.1) is 0 Å². The Morgan fingerprint density at radius 2 is 2.08 bits per heavy atom. The molecule has 0 atom stereocenters. The van der Waals surface area contributed by atoms with E-state index in [2.05, 4.69) is 15.2 Å². The van der Waals surface area contributed by atoms with Gasteiger partial charge in [-0.1, -0.05) is 35.5 Å². The summed E-state index contributed by atoms with van der Waals surface area (Å²) in [6, 6.07) is 15.6. The molecule has 0 saturated heterocycles. The Balaban J connectivity index is 1.62. The summed E-state index contributed by atoms with van der Waals surface area (Å²) in [5.41, 5.74) is 2.98. The second kappa shape index (κ2) is 7.35. The summed E-state index contributed by atoms with van der Waals surface area (Å²) in [5.74, 6) is 1.51. The van der Waals surface area contributed by atoms with Gasteiger partial charge in [0.2, 0.25) is 0 Å². The smallest absolute Gasteiger partial charge is 0.195 e. The van der Waals surface area contributed by atoms with Crippen LogP contribution < -0.4 is 4.74 Å². The van der Waals surface area contributed by atoms with Crippen molar-refractivity contribution in [3.05, 3.63) is 71.6 Å². The van der Waals surface area contributed by atoms with Gasteiger partial charge in [0.05, 0.1) is 18.3 Å². The van der Waals surface area contributed by atoms with Gasteiger partial charge >= 0.3 is 0 Å². The van der Waals surface area contributed by atoms with Gasteiger partial charge in [0.1, 0.15) is 12.1 Å². The molecule has 0 aliphatic rings. The van der Waals surface area contributed by atoms with Gasteiger partial charge in [-0.3, -0.25) is 9.55 Å². The summed E-state index contributed by atoms with van der Waals surface area (Å²) in [6.45, 7) is 0. The number of thioether (sulfide) groups is 1. The van der Waals surface area contributed by atoms with Crippen molar-refractivity contribution in [2.24, 2.45) is 0 Å².